The summed E-state index contributed by atoms with van der Waals surface area (Å²) in [5.41, 5.74) is 5.56. The van der Waals surface area contributed by atoms with Gasteiger partial charge in [0.2, 0.25) is 0 Å². The molecule has 3 amide bonds. The van der Waals surface area contributed by atoms with Crippen LogP contribution >= 0.6 is 35.5 Å². The molecule has 1 aromatic heterocycles. The van der Waals surface area contributed by atoms with E-state index in [1.165, 1.54) is 42.3 Å². The molecule has 2 fully saturated rings. The zero-order valence-corrected chi connectivity index (χ0v) is 22.8. The normalized spacial score (nSPS) is 22.8. The molecule has 0 aromatic carbocycles. The lowest BCUT2D eigenvalue weighted by Gasteiger charge is -2.49. The third kappa shape index (κ3) is 4.96. The number of hydrogen-bond donors (Lipinski definition) is 4. The Kier molecular flexibility index (Phi) is 8.72. The van der Waals surface area contributed by atoms with Gasteiger partial charge in [-0.3, -0.25) is 24.2 Å². The number of fused-ring (bicyclic) bond motifs is 1. The second-order valence-corrected chi connectivity index (χ2v) is 10.2. The molecule has 14 nitrogen and oxygen atoms in total. The van der Waals surface area contributed by atoms with Crippen molar-refractivity contribution >= 4 is 70.0 Å². The number of amides is 3. The average molecular weight is 589 g/mol. The largest absolute Gasteiger partial charge is 0.477 e. The van der Waals surface area contributed by atoms with Crippen molar-refractivity contribution in [3.8, 4) is 0 Å². The highest BCUT2D eigenvalue weighted by Crippen LogP contribution is 2.41. The van der Waals surface area contributed by atoms with Crippen molar-refractivity contribution in [1.29, 1.82) is 0 Å². The number of oxime groups is 1. The molecule has 38 heavy (non-hydrogen) atoms. The van der Waals surface area contributed by atoms with Crippen molar-refractivity contribution in [2.24, 2.45) is 5.16 Å². The first-order valence-electron chi connectivity index (χ1n) is 10.8. The Morgan fingerprint density at radius 1 is 1.34 bits per heavy atom. The molecule has 2 saturated heterocycles. The molecule has 2 unspecified atom stereocenters. The molecule has 0 aliphatic carbocycles. The minimum absolute atomic E-state index is 0. The van der Waals surface area contributed by atoms with Crippen LogP contribution in [-0.4, -0.2) is 98.3 Å². The highest BCUT2D eigenvalue weighted by atomic mass is 35.5. The molecule has 0 bridgehead atoms. The zero-order chi connectivity index (χ0) is 27.1. The molecule has 4 rings (SSSR count). The summed E-state index contributed by atoms with van der Waals surface area (Å²) in [7, 11) is 2.82. The summed E-state index contributed by atoms with van der Waals surface area (Å²) in [6.07, 6.45) is 1.83. The molecule has 0 radical (unpaired) electrons. The molecule has 0 saturated carbocycles. The number of carbonyl (C=O) groups is 4. The summed E-state index contributed by atoms with van der Waals surface area (Å²) < 4.78 is 10.6. The van der Waals surface area contributed by atoms with E-state index in [0.29, 0.717) is 24.1 Å². The Morgan fingerprint density at radius 3 is 2.58 bits per heavy atom. The summed E-state index contributed by atoms with van der Waals surface area (Å²) >= 11 is 2.27. The number of nitrogens with two attached hydrogens (primary N) is 1. The summed E-state index contributed by atoms with van der Waals surface area (Å²) in [5, 5.41) is 25.5. The number of β-lactam (4-membered cyclic amide) rings is 1. The quantitative estimate of drug-likeness (QED) is 0.0807. The molecular weight excluding hydrogens is 564 g/mol. The van der Waals surface area contributed by atoms with Crippen molar-refractivity contribution < 1.29 is 39.0 Å². The van der Waals surface area contributed by atoms with E-state index in [-0.39, 0.29) is 40.6 Å². The Hall–Kier alpha value is -3.18. The van der Waals surface area contributed by atoms with Gasteiger partial charge in [0.1, 0.15) is 22.8 Å². The number of carbonyl (C=O) groups excluding carboxylic acids is 3. The van der Waals surface area contributed by atoms with E-state index in [2.05, 4.69) is 15.5 Å². The Morgan fingerprint density at radius 2 is 2.03 bits per heavy atom. The lowest BCUT2D eigenvalue weighted by Crippen LogP contribution is -2.71. The first-order valence-corrected chi connectivity index (χ1v) is 12.8. The van der Waals surface area contributed by atoms with E-state index in [4.69, 9.17) is 15.2 Å². The first-order chi connectivity index (χ1) is 17.6. The van der Waals surface area contributed by atoms with Gasteiger partial charge in [-0.05, 0) is 18.1 Å². The molecule has 206 valence electrons. The van der Waals surface area contributed by atoms with Crippen molar-refractivity contribution in [3.63, 3.8) is 0 Å². The number of nitrogens with one attached hydrogen (secondary N) is 1. The number of thioether (sulfide) groups is 1. The Bertz CT molecular complexity index is 1260. The molecule has 17 heteroatoms. The number of ether oxygens (including phenoxy) is 2. The number of allylic oxidation sites excluding steroid dienone is 1. The SMILES string of the molecule is COC(C)(OC)N1CCC(=CC2=C(C(=O)O)N3C(=O)C(NC(=O)C(=NO)c4csc(N)n4)C3SC2)C1=O.Cl. The average Bonchev–Trinajstić information content (AvgIpc) is 3.47. The number of methoxy groups -OCH3 is 2. The number of likely N-dealkylation sites (tertiary alicyclic amines) is 1. The van der Waals surface area contributed by atoms with E-state index < -0.39 is 40.8 Å². The standard InChI is InChI=1S/C21H24N6O8S2.ClH/c1-21(34-2,35-3)26-5-4-9(16(26)29)6-10-7-36-18-13(17(30)27(18)14(10)19(31)32)24-15(28)12(25-33)11-8-37-20(22)23-11;/h6,8,13,18,33H,4-5,7H2,1-3H3,(H2,22,23)(H,24,28)(H,31,32);1H. The molecule has 2 atom stereocenters. The minimum Gasteiger partial charge on any atom is -0.477 e. The second kappa shape index (κ2) is 11.3. The summed E-state index contributed by atoms with van der Waals surface area (Å²) in [5.74, 6) is -4.32. The summed E-state index contributed by atoms with van der Waals surface area (Å²) in [6.45, 7) is 1.91. The topological polar surface area (TPSA) is 197 Å². The molecule has 0 spiro atoms. The summed E-state index contributed by atoms with van der Waals surface area (Å²) in [6, 6.07) is -1.05. The van der Waals surface area contributed by atoms with Crippen molar-refractivity contribution in [3.05, 3.63) is 34.0 Å². The van der Waals surface area contributed by atoms with Gasteiger partial charge in [-0.2, -0.15) is 0 Å². The third-order valence-electron chi connectivity index (χ3n) is 6.29. The fraction of sp³-hybridized carbons (Fsp3) is 0.429. The van der Waals surface area contributed by atoms with Gasteiger partial charge in [0.05, 0.1) is 0 Å². The monoisotopic (exact) mass is 588 g/mol. The molecule has 3 aliphatic rings. The highest BCUT2D eigenvalue weighted by molar-refractivity contribution is 8.00. The Labute approximate surface area is 230 Å². The predicted molar refractivity (Wildman–Crippen MR) is 139 cm³/mol. The van der Waals surface area contributed by atoms with Crippen LogP contribution in [0.4, 0.5) is 5.13 Å². The van der Waals surface area contributed by atoms with Crippen molar-refractivity contribution in [2.75, 3.05) is 32.3 Å². The molecule has 3 aliphatic heterocycles. The van der Waals surface area contributed by atoms with Crippen LogP contribution in [0.1, 0.15) is 19.0 Å². The maximum atomic E-state index is 13.0. The summed E-state index contributed by atoms with van der Waals surface area (Å²) in [4.78, 5) is 57.1. The number of hydrogen-bond acceptors (Lipinski definition) is 12. The number of aliphatic carboxylic acids is 1. The number of carboxylic acid groups (broad SMARTS) is 1. The van der Waals surface area contributed by atoms with Gasteiger partial charge in [0.15, 0.2) is 10.8 Å². The number of aromatic nitrogens is 1. The number of thiazole rings is 1. The second-order valence-electron chi connectivity index (χ2n) is 8.24. The number of anilines is 1. The maximum absolute atomic E-state index is 13.0. The van der Waals surface area contributed by atoms with Crippen molar-refractivity contribution in [1.82, 2.24) is 20.1 Å². The van der Waals surface area contributed by atoms with E-state index in [1.54, 1.807) is 6.92 Å². The zero-order valence-electron chi connectivity index (χ0n) is 20.4. The van der Waals surface area contributed by atoms with E-state index in [9.17, 15) is 29.5 Å². The van der Waals surface area contributed by atoms with Gasteiger partial charge in [-0.25, -0.2) is 9.78 Å². The minimum atomic E-state index is -1.34. The van der Waals surface area contributed by atoms with Crippen LogP contribution < -0.4 is 11.1 Å². The number of halogens is 1. The smallest absolute Gasteiger partial charge is 0.352 e. The van der Waals surface area contributed by atoms with Gasteiger partial charge < -0.3 is 30.8 Å². The van der Waals surface area contributed by atoms with E-state index in [0.717, 1.165) is 16.2 Å². The number of nitrogens with zero attached hydrogens (tertiary/aromatic N) is 4. The van der Waals surface area contributed by atoms with Crippen molar-refractivity contribution in [2.45, 2.75) is 30.7 Å². The van der Waals surface area contributed by atoms with Gasteiger partial charge in [0, 0.05) is 44.4 Å². The predicted octanol–water partition coefficient (Wildman–Crippen LogP) is 0.189. The van der Waals surface area contributed by atoms with Crippen LogP contribution in [0.5, 0.6) is 0 Å². The van der Waals surface area contributed by atoms with Crippen LogP contribution in [0, 0.1) is 0 Å². The number of rotatable bonds is 8. The lowest BCUT2D eigenvalue weighted by atomic mass is 10.0. The van der Waals surface area contributed by atoms with Crippen LogP contribution in [0.2, 0.25) is 0 Å². The van der Waals surface area contributed by atoms with Crippen LogP contribution in [0.25, 0.3) is 0 Å². The fourth-order valence-electron chi connectivity index (χ4n) is 4.22. The maximum Gasteiger partial charge on any atom is 0.352 e. The Balaban J connectivity index is 0.00000400. The van der Waals surface area contributed by atoms with Crippen LogP contribution in [0.3, 0.4) is 0 Å². The fourth-order valence-corrected chi connectivity index (χ4v) is 6.08. The van der Waals surface area contributed by atoms with E-state index in [1.807, 2.05) is 0 Å². The molecule has 5 N–H and O–H groups in total. The lowest BCUT2D eigenvalue weighted by molar-refractivity contribution is -0.271. The third-order valence-corrected chi connectivity index (χ3v) is 8.26. The molecular formula is C21H25ClN6O8S2. The molecule has 4 heterocycles. The van der Waals surface area contributed by atoms with Gasteiger partial charge >= 0.3 is 5.97 Å². The van der Waals surface area contributed by atoms with Crippen LogP contribution in [-0.2, 0) is 28.7 Å². The van der Waals surface area contributed by atoms with Crippen LogP contribution in [0.15, 0.2) is 33.5 Å². The highest BCUT2D eigenvalue weighted by Gasteiger charge is 2.54. The first kappa shape index (κ1) is 29.4. The molecule has 1 aromatic rings. The van der Waals surface area contributed by atoms with Gasteiger partial charge in [-0.15, -0.1) is 35.5 Å². The van der Waals surface area contributed by atoms with Gasteiger partial charge in [-0.1, -0.05) is 5.16 Å². The number of nitrogen functional groups attached to an aromatic ring is 1. The van der Waals surface area contributed by atoms with E-state index >= 15 is 0 Å². The number of carboxylic acids is 1. The van der Waals surface area contributed by atoms with Gasteiger partial charge in [0.25, 0.3) is 23.6 Å².